The number of halogens is 2. The van der Waals surface area contributed by atoms with Gasteiger partial charge in [-0.15, -0.1) is 0 Å². The molecule has 0 aliphatic rings. The van der Waals surface area contributed by atoms with Crippen LogP contribution in [-0.4, -0.2) is 27.8 Å². The summed E-state index contributed by atoms with van der Waals surface area (Å²) in [5.41, 5.74) is 1.57. The first-order chi connectivity index (χ1) is 16.5. The van der Waals surface area contributed by atoms with E-state index in [0.29, 0.717) is 26.9 Å². The van der Waals surface area contributed by atoms with Crippen LogP contribution in [0, 0.1) is 5.41 Å². The summed E-state index contributed by atoms with van der Waals surface area (Å²) in [6.07, 6.45) is 0. The summed E-state index contributed by atoms with van der Waals surface area (Å²) in [4.78, 5) is 41.2. The molecule has 0 saturated heterocycles. The van der Waals surface area contributed by atoms with Gasteiger partial charge in [0.15, 0.2) is 5.76 Å². The van der Waals surface area contributed by atoms with Gasteiger partial charge < -0.3 is 14.8 Å². The van der Waals surface area contributed by atoms with Gasteiger partial charge in [-0.3, -0.25) is 9.59 Å². The molecular weight excluding hydrogens is 491 g/mol. The molecule has 4 rings (SSSR count). The quantitative estimate of drug-likeness (QED) is 0.233. The van der Waals surface area contributed by atoms with Crippen molar-refractivity contribution >= 4 is 57.6 Å². The van der Waals surface area contributed by atoms with E-state index < -0.39 is 23.1 Å². The van der Waals surface area contributed by atoms with Crippen LogP contribution in [0.2, 0.25) is 10.0 Å². The number of aromatic nitrogens is 1. The lowest BCUT2D eigenvalue weighted by Crippen LogP contribution is -2.25. The number of furan rings is 1. The number of nitrogens with one attached hydrogen (secondary N) is 1. The molecule has 7 nitrogen and oxygen atoms in total. The van der Waals surface area contributed by atoms with Gasteiger partial charge in [0.05, 0.1) is 11.1 Å². The fourth-order valence-corrected chi connectivity index (χ4v) is 3.87. The number of carboxylic acid groups (broad SMARTS) is 1. The van der Waals surface area contributed by atoms with Crippen LogP contribution in [0.25, 0.3) is 33.5 Å². The van der Waals surface area contributed by atoms with Gasteiger partial charge in [-0.05, 0) is 29.8 Å². The summed E-state index contributed by atoms with van der Waals surface area (Å²) < 4.78 is 5.85. The Bertz CT molecular complexity index is 1480. The van der Waals surface area contributed by atoms with Crippen molar-refractivity contribution in [1.82, 2.24) is 4.98 Å². The molecule has 2 N–H and O–H groups in total. The predicted octanol–water partition coefficient (Wildman–Crippen LogP) is 6.72. The highest BCUT2D eigenvalue weighted by Crippen LogP contribution is 2.41. The van der Waals surface area contributed by atoms with Crippen molar-refractivity contribution in [2.24, 2.45) is 5.41 Å². The standard InChI is InChI=1S/C26H20Cl2N2O5/c1-26(2,3)22(31)21-20(29-23(32)25(33)34)17-12-16(13-8-10-14(27)11-9-13)19(30-24(17)35-21)15-6-4-5-7-18(15)28/h4-12H,1-3H3,(H,29,32)(H,33,34). The highest BCUT2D eigenvalue weighted by atomic mass is 35.5. The maximum Gasteiger partial charge on any atom is 0.394 e. The second-order valence-electron chi connectivity index (χ2n) is 8.87. The van der Waals surface area contributed by atoms with Gasteiger partial charge in [0.1, 0.15) is 5.69 Å². The van der Waals surface area contributed by atoms with Crippen LogP contribution in [0.4, 0.5) is 5.69 Å². The number of Topliss-reactive ketones (excluding diaryl/α,β-unsaturated/α-hetero) is 1. The number of ketones is 1. The number of amides is 1. The Morgan fingerprint density at radius 3 is 2.23 bits per heavy atom. The molecule has 0 unspecified atom stereocenters. The summed E-state index contributed by atoms with van der Waals surface area (Å²) in [5.74, 6) is -3.62. The molecule has 0 atom stereocenters. The molecule has 0 aliphatic heterocycles. The molecule has 2 heterocycles. The van der Waals surface area contributed by atoms with Gasteiger partial charge in [-0.1, -0.05) is 74.3 Å². The monoisotopic (exact) mass is 510 g/mol. The smallest absolute Gasteiger partial charge is 0.394 e. The van der Waals surface area contributed by atoms with Gasteiger partial charge in [0.2, 0.25) is 11.5 Å². The molecule has 4 aromatic rings. The zero-order chi connectivity index (χ0) is 25.5. The summed E-state index contributed by atoms with van der Waals surface area (Å²) >= 11 is 12.6. The average molecular weight is 511 g/mol. The third-order valence-corrected chi connectivity index (χ3v) is 5.87. The van der Waals surface area contributed by atoms with E-state index in [1.54, 1.807) is 69.3 Å². The van der Waals surface area contributed by atoms with Crippen LogP contribution in [0.5, 0.6) is 0 Å². The second kappa shape index (κ2) is 9.17. The first-order valence-electron chi connectivity index (χ1n) is 10.5. The Morgan fingerprint density at radius 2 is 1.63 bits per heavy atom. The zero-order valence-electron chi connectivity index (χ0n) is 19.0. The molecule has 0 bridgehead atoms. The Labute approximate surface area is 210 Å². The van der Waals surface area contributed by atoms with E-state index in [1.165, 1.54) is 0 Å². The molecular formula is C26H20Cl2N2O5. The van der Waals surface area contributed by atoms with Crippen LogP contribution < -0.4 is 5.32 Å². The third-order valence-electron chi connectivity index (χ3n) is 5.29. The number of nitrogens with zero attached hydrogens (tertiary/aromatic N) is 1. The minimum Gasteiger partial charge on any atom is -0.474 e. The number of carbonyl (C=O) groups excluding carboxylic acids is 2. The number of hydrogen-bond acceptors (Lipinski definition) is 5. The van der Waals surface area contributed by atoms with Gasteiger partial charge in [0, 0.05) is 26.6 Å². The van der Waals surface area contributed by atoms with E-state index in [0.717, 1.165) is 5.56 Å². The number of anilines is 1. The fourth-order valence-electron chi connectivity index (χ4n) is 3.52. The van der Waals surface area contributed by atoms with Crippen LogP contribution >= 0.6 is 23.2 Å². The first kappa shape index (κ1) is 24.4. The Balaban J connectivity index is 2.07. The van der Waals surface area contributed by atoms with Crippen molar-refractivity contribution in [2.75, 3.05) is 5.32 Å². The molecule has 2 aromatic carbocycles. The lowest BCUT2D eigenvalue weighted by Gasteiger charge is -2.15. The molecule has 2 aromatic heterocycles. The second-order valence-corrected chi connectivity index (χ2v) is 9.71. The molecule has 0 radical (unpaired) electrons. The summed E-state index contributed by atoms with van der Waals surface area (Å²) in [6.45, 7) is 5.06. The zero-order valence-corrected chi connectivity index (χ0v) is 20.5. The number of fused-ring (bicyclic) bond motifs is 1. The minimum absolute atomic E-state index is 0.0472. The number of pyridine rings is 1. The van der Waals surface area contributed by atoms with E-state index in [1.807, 2.05) is 6.07 Å². The molecule has 35 heavy (non-hydrogen) atoms. The lowest BCUT2D eigenvalue weighted by atomic mass is 9.88. The topological polar surface area (TPSA) is 110 Å². The Morgan fingerprint density at radius 1 is 0.971 bits per heavy atom. The van der Waals surface area contributed by atoms with E-state index in [4.69, 9.17) is 32.7 Å². The normalized spacial score (nSPS) is 11.5. The highest BCUT2D eigenvalue weighted by Gasteiger charge is 2.32. The SMILES string of the molecule is CC(C)(C)C(=O)c1oc2nc(-c3ccccc3Cl)c(-c3ccc(Cl)cc3)cc2c1NC(=O)C(=O)O. The maximum absolute atomic E-state index is 13.2. The Kier molecular flexibility index (Phi) is 6.40. The largest absolute Gasteiger partial charge is 0.474 e. The van der Waals surface area contributed by atoms with Crippen LogP contribution in [0.15, 0.2) is 59.0 Å². The average Bonchev–Trinajstić information content (AvgIpc) is 3.15. The molecule has 0 saturated carbocycles. The van der Waals surface area contributed by atoms with E-state index in [-0.39, 0.29) is 22.5 Å². The van der Waals surface area contributed by atoms with Gasteiger partial charge in [-0.2, -0.15) is 0 Å². The Hall–Kier alpha value is -3.68. The summed E-state index contributed by atoms with van der Waals surface area (Å²) in [5, 5.41) is 12.7. The number of aliphatic carboxylic acids is 1. The minimum atomic E-state index is -1.70. The maximum atomic E-state index is 13.2. The molecule has 9 heteroatoms. The molecule has 1 amide bonds. The van der Waals surface area contributed by atoms with Crippen LogP contribution in [0.3, 0.4) is 0 Å². The van der Waals surface area contributed by atoms with Crippen molar-refractivity contribution in [1.29, 1.82) is 0 Å². The molecule has 0 spiro atoms. The highest BCUT2D eigenvalue weighted by molar-refractivity contribution is 6.38. The molecule has 178 valence electrons. The number of carboxylic acids is 1. The predicted molar refractivity (Wildman–Crippen MR) is 135 cm³/mol. The number of benzene rings is 2. The number of carbonyl (C=O) groups is 3. The summed E-state index contributed by atoms with van der Waals surface area (Å²) in [6, 6.07) is 15.8. The van der Waals surface area contributed by atoms with E-state index in [2.05, 4.69) is 10.3 Å². The van der Waals surface area contributed by atoms with E-state index in [9.17, 15) is 14.4 Å². The van der Waals surface area contributed by atoms with Crippen molar-refractivity contribution in [3.63, 3.8) is 0 Å². The van der Waals surface area contributed by atoms with Gasteiger partial charge in [0.25, 0.3) is 0 Å². The van der Waals surface area contributed by atoms with Crippen molar-refractivity contribution in [2.45, 2.75) is 20.8 Å². The van der Waals surface area contributed by atoms with Gasteiger partial charge >= 0.3 is 11.9 Å². The van der Waals surface area contributed by atoms with Crippen LogP contribution in [0.1, 0.15) is 31.3 Å². The molecule has 0 fully saturated rings. The first-order valence-corrected chi connectivity index (χ1v) is 11.3. The molecule has 0 aliphatic carbocycles. The lowest BCUT2D eigenvalue weighted by molar-refractivity contribution is -0.147. The third kappa shape index (κ3) is 4.78. The van der Waals surface area contributed by atoms with Crippen molar-refractivity contribution in [3.05, 3.63) is 70.4 Å². The number of rotatable bonds is 4. The van der Waals surface area contributed by atoms with Crippen molar-refractivity contribution < 1.29 is 23.9 Å². The summed E-state index contributed by atoms with van der Waals surface area (Å²) in [7, 11) is 0. The van der Waals surface area contributed by atoms with Crippen LogP contribution in [-0.2, 0) is 9.59 Å². The van der Waals surface area contributed by atoms with Gasteiger partial charge in [-0.25, -0.2) is 9.78 Å². The van der Waals surface area contributed by atoms with E-state index >= 15 is 0 Å². The fraction of sp³-hybridized carbons (Fsp3) is 0.154. The number of hydrogen-bond donors (Lipinski definition) is 2. The van der Waals surface area contributed by atoms with Crippen molar-refractivity contribution in [3.8, 4) is 22.4 Å².